The zero-order valence-electron chi connectivity index (χ0n) is 18.0. The SMILES string of the molecule is C[C@@H](c1ccc(-n2cncn2)cc1)N(C)C(=O)CCCN1C(=O)NC2(CCCC2)C1=O. The minimum absolute atomic E-state index is 0.0181. The number of carbonyl (C=O) groups excluding carboxylic acids is 3. The molecule has 164 valence electrons. The largest absolute Gasteiger partial charge is 0.339 e. The summed E-state index contributed by atoms with van der Waals surface area (Å²) in [7, 11) is 1.78. The van der Waals surface area contributed by atoms with E-state index in [2.05, 4.69) is 15.4 Å². The minimum atomic E-state index is -0.690. The van der Waals surface area contributed by atoms with Crippen molar-refractivity contribution in [1.82, 2.24) is 29.9 Å². The number of rotatable bonds is 7. The topological polar surface area (TPSA) is 100 Å². The average Bonchev–Trinajstić information content (AvgIpc) is 3.52. The molecule has 1 aromatic heterocycles. The van der Waals surface area contributed by atoms with Crippen molar-refractivity contribution in [1.29, 1.82) is 0 Å². The number of benzene rings is 1. The van der Waals surface area contributed by atoms with Gasteiger partial charge in [0.2, 0.25) is 5.91 Å². The molecule has 0 radical (unpaired) electrons. The maximum absolute atomic E-state index is 12.7. The molecule has 2 aromatic rings. The second-order valence-corrected chi connectivity index (χ2v) is 8.39. The van der Waals surface area contributed by atoms with Gasteiger partial charge in [-0.15, -0.1) is 0 Å². The first-order valence-corrected chi connectivity index (χ1v) is 10.8. The van der Waals surface area contributed by atoms with Crippen LogP contribution < -0.4 is 5.32 Å². The highest BCUT2D eigenvalue weighted by Crippen LogP contribution is 2.35. The highest BCUT2D eigenvalue weighted by atomic mass is 16.2. The second-order valence-electron chi connectivity index (χ2n) is 8.39. The van der Waals surface area contributed by atoms with E-state index in [0.717, 1.165) is 24.1 Å². The number of hydrogen-bond acceptors (Lipinski definition) is 5. The van der Waals surface area contributed by atoms with E-state index < -0.39 is 5.54 Å². The van der Waals surface area contributed by atoms with Crippen LogP contribution in [0.3, 0.4) is 0 Å². The minimum Gasteiger partial charge on any atom is -0.339 e. The van der Waals surface area contributed by atoms with E-state index in [1.165, 1.54) is 11.2 Å². The third kappa shape index (κ3) is 4.04. The molecule has 1 atom stereocenters. The van der Waals surface area contributed by atoms with Crippen molar-refractivity contribution in [3.8, 4) is 5.69 Å². The van der Waals surface area contributed by atoms with Crippen LogP contribution in [0.5, 0.6) is 0 Å². The van der Waals surface area contributed by atoms with Gasteiger partial charge in [0.05, 0.1) is 11.7 Å². The van der Waals surface area contributed by atoms with E-state index in [1.54, 1.807) is 23.0 Å². The number of urea groups is 1. The van der Waals surface area contributed by atoms with Gasteiger partial charge in [0.25, 0.3) is 5.91 Å². The van der Waals surface area contributed by atoms with Gasteiger partial charge in [-0.3, -0.25) is 14.5 Å². The summed E-state index contributed by atoms with van der Waals surface area (Å²) in [5, 5.41) is 6.99. The predicted octanol–water partition coefficient (Wildman–Crippen LogP) is 2.43. The first-order valence-electron chi connectivity index (χ1n) is 10.8. The zero-order valence-corrected chi connectivity index (χ0v) is 18.0. The molecule has 9 nitrogen and oxygen atoms in total. The quantitative estimate of drug-likeness (QED) is 0.688. The highest BCUT2D eigenvalue weighted by Gasteiger charge is 2.52. The van der Waals surface area contributed by atoms with Crippen LogP contribution in [0.15, 0.2) is 36.9 Å². The number of amides is 4. The smallest absolute Gasteiger partial charge is 0.325 e. The molecule has 0 bridgehead atoms. The third-order valence-corrected chi connectivity index (χ3v) is 6.51. The van der Waals surface area contributed by atoms with Crippen LogP contribution in [0, 0.1) is 0 Å². The van der Waals surface area contributed by atoms with Crippen molar-refractivity contribution in [2.24, 2.45) is 0 Å². The normalized spacial score (nSPS) is 18.5. The number of aromatic nitrogens is 3. The fraction of sp³-hybridized carbons (Fsp3) is 0.500. The first-order chi connectivity index (χ1) is 14.9. The molecular weight excluding hydrogens is 396 g/mol. The van der Waals surface area contributed by atoms with Gasteiger partial charge in [0.1, 0.15) is 18.2 Å². The lowest BCUT2D eigenvalue weighted by Crippen LogP contribution is -2.44. The Balaban J connectivity index is 1.29. The molecule has 1 aliphatic heterocycles. The molecule has 2 heterocycles. The molecule has 4 rings (SSSR count). The number of hydrogen-bond donors (Lipinski definition) is 1. The Hall–Kier alpha value is -3.23. The molecule has 1 N–H and O–H groups in total. The lowest BCUT2D eigenvalue weighted by atomic mass is 9.98. The monoisotopic (exact) mass is 424 g/mol. The van der Waals surface area contributed by atoms with Gasteiger partial charge in [0, 0.05) is 20.0 Å². The van der Waals surface area contributed by atoms with Crippen LogP contribution in [-0.4, -0.2) is 61.5 Å². The Morgan fingerprint density at radius 2 is 1.94 bits per heavy atom. The van der Waals surface area contributed by atoms with E-state index in [9.17, 15) is 14.4 Å². The molecule has 1 saturated heterocycles. The van der Waals surface area contributed by atoms with Gasteiger partial charge in [-0.05, 0) is 43.9 Å². The van der Waals surface area contributed by atoms with Crippen molar-refractivity contribution < 1.29 is 14.4 Å². The summed E-state index contributed by atoms with van der Waals surface area (Å²) in [6.45, 7) is 2.25. The highest BCUT2D eigenvalue weighted by molar-refractivity contribution is 6.07. The molecule has 2 aliphatic rings. The van der Waals surface area contributed by atoms with Crippen molar-refractivity contribution in [3.05, 3.63) is 42.5 Å². The van der Waals surface area contributed by atoms with Crippen LogP contribution in [-0.2, 0) is 9.59 Å². The maximum atomic E-state index is 12.7. The molecule has 1 aromatic carbocycles. The number of nitrogens with one attached hydrogen (secondary N) is 1. The Labute approximate surface area is 181 Å². The van der Waals surface area contributed by atoms with Gasteiger partial charge in [-0.1, -0.05) is 25.0 Å². The molecule has 1 aliphatic carbocycles. The summed E-state index contributed by atoms with van der Waals surface area (Å²) in [4.78, 5) is 44.6. The summed E-state index contributed by atoms with van der Waals surface area (Å²) in [6.07, 6.45) is 7.19. The standard InChI is InChI=1S/C22H28N6O3/c1-16(17-7-9-18(10-8-17)28-15-23-14-24-28)26(2)19(29)6-5-13-27-20(30)22(25-21(27)31)11-3-4-12-22/h7-10,14-16H,3-6,11-13H2,1-2H3,(H,25,31)/t16-/m0/s1. The second kappa shape index (κ2) is 8.49. The fourth-order valence-corrected chi connectivity index (χ4v) is 4.45. The van der Waals surface area contributed by atoms with Gasteiger partial charge in [0.15, 0.2) is 0 Å². The molecule has 4 amide bonds. The van der Waals surface area contributed by atoms with Crippen LogP contribution in [0.2, 0.25) is 0 Å². The Kier molecular flexibility index (Phi) is 5.75. The van der Waals surface area contributed by atoms with E-state index in [-0.39, 0.29) is 36.9 Å². The van der Waals surface area contributed by atoms with E-state index in [1.807, 2.05) is 31.2 Å². The number of imide groups is 1. The molecule has 1 saturated carbocycles. The summed E-state index contributed by atoms with van der Waals surface area (Å²) >= 11 is 0. The summed E-state index contributed by atoms with van der Waals surface area (Å²) in [5.74, 6) is -0.146. The van der Waals surface area contributed by atoms with Gasteiger partial charge >= 0.3 is 6.03 Å². The van der Waals surface area contributed by atoms with Gasteiger partial charge in [-0.25, -0.2) is 14.5 Å². The zero-order chi connectivity index (χ0) is 22.0. The summed E-state index contributed by atoms with van der Waals surface area (Å²) in [6, 6.07) is 7.40. The molecule has 31 heavy (non-hydrogen) atoms. The average molecular weight is 425 g/mol. The van der Waals surface area contributed by atoms with Crippen LogP contribution in [0.1, 0.15) is 57.1 Å². The van der Waals surface area contributed by atoms with Crippen molar-refractivity contribution in [2.75, 3.05) is 13.6 Å². The molecule has 1 spiro atoms. The molecule has 9 heteroatoms. The van der Waals surface area contributed by atoms with Crippen molar-refractivity contribution in [3.63, 3.8) is 0 Å². The Morgan fingerprint density at radius 3 is 2.58 bits per heavy atom. The summed E-state index contributed by atoms with van der Waals surface area (Å²) < 4.78 is 1.68. The predicted molar refractivity (Wildman–Crippen MR) is 113 cm³/mol. The lowest BCUT2D eigenvalue weighted by molar-refractivity contribution is -0.133. The number of nitrogens with zero attached hydrogens (tertiary/aromatic N) is 5. The van der Waals surface area contributed by atoms with Crippen molar-refractivity contribution in [2.45, 2.75) is 57.0 Å². The van der Waals surface area contributed by atoms with Gasteiger partial charge in [-0.2, -0.15) is 5.10 Å². The third-order valence-electron chi connectivity index (χ3n) is 6.51. The first kappa shape index (κ1) is 21.0. The summed E-state index contributed by atoms with van der Waals surface area (Å²) in [5.41, 5.74) is 1.22. The fourth-order valence-electron chi connectivity index (χ4n) is 4.45. The van der Waals surface area contributed by atoms with E-state index >= 15 is 0 Å². The van der Waals surface area contributed by atoms with Crippen molar-refractivity contribution >= 4 is 17.8 Å². The van der Waals surface area contributed by atoms with Crippen LogP contribution >= 0.6 is 0 Å². The van der Waals surface area contributed by atoms with Crippen LogP contribution in [0.4, 0.5) is 4.79 Å². The van der Waals surface area contributed by atoms with E-state index in [4.69, 9.17) is 0 Å². The van der Waals surface area contributed by atoms with E-state index in [0.29, 0.717) is 19.3 Å². The lowest BCUT2D eigenvalue weighted by Gasteiger charge is -2.26. The maximum Gasteiger partial charge on any atom is 0.325 e. The van der Waals surface area contributed by atoms with Gasteiger partial charge < -0.3 is 10.2 Å². The Bertz CT molecular complexity index is 950. The van der Waals surface area contributed by atoms with Crippen LogP contribution in [0.25, 0.3) is 5.69 Å². The number of carbonyl (C=O) groups is 3. The molecular formula is C22H28N6O3. The Morgan fingerprint density at radius 1 is 1.23 bits per heavy atom. The molecule has 2 fully saturated rings. The molecule has 0 unspecified atom stereocenters.